The number of amides is 1. The topological polar surface area (TPSA) is 37.4 Å². The first-order chi connectivity index (χ1) is 12.2. The van der Waals surface area contributed by atoms with Crippen molar-refractivity contribution in [2.24, 2.45) is 0 Å². The summed E-state index contributed by atoms with van der Waals surface area (Å²) in [6.07, 6.45) is 3.74. The third kappa shape index (κ3) is 2.96. The molecule has 0 saturated heterocycles. The van der Waals surface area contributed by atoms with Gasteiger partial charge in [-0.05, 0) is 34.5 Å². The molecule has 0 atom stereocenters. The minimum absolute atomic E-state index is 0.0943. The quantitative estimate of drug-likeness (QED) is 0.651. The fourth-order valence-electron chi connectivity index (χ4n) is 3.19. The average molecular weight is 327 g/mol. The maximum Gasteiger partial charge on any atom is 0.251 e. The van der Waals surface area contributed by atoms with Crippen molar-refractivity contribution in [2.75, 3.05) is 11.4 Å². The van der Waals surface area contributed by atoms with E-state index in [0.29, 0.717) is 24.2 Å². The van der Waals surface area contributed by atoms with Crippen LogP contribution in [0.4, 0.5) is 5.69 Å². The highest BCUT2D eigenvalue weighted by Crippen LogP contribution is 2.32. The summed E-state index contributed by atoms with van der Waals surface area (Å²) in [6.45, 7) is 0.419. The Bertz CT molecular complexity index is 989. The molecule has 0 spiro atoms. The van der Waals surface area contributed by atoms with Crippen LogP contribution >= 0.6 is 0 Å². The predicted octanol–water partition coefficient (Wildman–Crippen LogP) is 4.47. The average Bonchev–Trinajstić information content (AvgIpc) is 2.66. The van der Waals surface area contributed by atoms with Crippen molar-refractivity contribution < 1.29 is 9.59 Å². The molecule has 1 aliphatic heterocycles. The fraction of sp³-hybridized carbons (Fsp3) is 0.0909. The maximum atomic E-state index is 12.7. The first-order valence-electron chi connectivity index (χ1n) is 8.33. The van der Waals surface area contributed by atoms with E-state index in [4.69, 9.17) is 0 Å². The van der Waals surface area contributed by atoms with Crippen LogP contribution in [0.5, 0.6) is 0 Å². The smallest absolute Gasteiger partial charge is 0.251 e. The Balaban J connectivity index is 1.71. The molecule has 1 aliphatic rings. The van der Waals surface area contributed by atoms with Gasteiger partial charge in [0.1, 0.15) is 0 Å². The lowest BCUT2D eigenvalue weighted by Crippen LogP contribution is -2.36. The lowest BCUT2D eigenvalue weighted by atomic mass is 9.96. The Hall–Kier alpha value is -3.20. The Labute approximate surface area is 146 Å². The van der Waals surface area contributed by atoms with Crippen LogP contribution in [0, 0.1) is 0 Å². The van der Waals surface area contributed by atoms with Gasteiger partial charge in [-0.15, -0.1) is 0 Å². The Morgan fingerprint density at radius 3 is 2.36 bits per heavy atom. The van der Waals surface area contributed by atoms with Gasteiger partial charge < -0.3 is 4.90 Å². The number of carbonyl (C=O) groups is 2. The van der Waals surface area contributed by atoms with Crippen molar-refractivity contribution in [3.8, 4) is 0 Å². The first-order valence-corrected chi connectivity index (χ1v) is 8.33. The van der Waals surface area contributed by atoms with Gasteiger partial charge >= 0.3 is 0 Å². The summed E-state index contributed by atoms with van der Waals surface area (Å²) in [7, 11) is 0. The zero-order valence-electron chi connectivity index (χ0n) is 13.7. The molecule has 0 radical (unpaired) electrons. The normalized spacial score (nSPS) is 14.1. The minimum atomic E-state index is -0.104. The lowest BCUT2D eigenvalue weighted by molar-refractivity contribution is -0.114. The van der Waals surface area contributed by atoms with Crippen molar-refractivity contribution in [2.45, 2.75) is 6.42 Å². The Morgan fingerprint density at radius 2 is 1.60 bits per heavy atom. The lowest BCUT2D eigenvalue weighted by Gasteiger charge is -2.28. The zero-order chi connectivity index (χ0) is 17.2. The second-order valence-electron chi connectivity index (χ2n) is 6.12. The molecule has 1 amide bonds. The highest BCUT2D eigenvalue weighted by Gasteiger charge is 2.26. The van der Waals surface area contributed by atoms with Gasteiger partial charge in [-0.25, -0.2) is 0 Å². The largest absolute Gasteiger partial charge is 0.308 e. The standard InChI is InChI=1S/C22H17NO2/c24-21-12-13-23(22(25)11-10-16-6-2-1-3-7-16)20-15-18-9-5-4-8-17(18)14-19(20)21/h1-11,14-15H,12-13H2/b11-10+. The highest BCUT2D eigenvalue weighted by atomic mass is 16.2. The molecule has 0 aliphatic carbocycles. The molecule has 25 heavy (non-hydrogen) atoms. The van der Waals surface area contributed by atoms with Gasteiger partial charge in [0.2, 0.25) is 0 Å². The monoisotopic (exact) mass is 327 g/mol. The van der Waals surface area contributed by atoms with E-state index in [1.807, 2.05) is 66.7 Å². The van der Waals surface area contributed by atoms with Gasteiger partial charge in [-0.2, -0.15) is 0 Å². The van der Waals surface area contributed by atoms with E-state index in [1.165, 1.54) is 0 Å². The van der Waals surface area contributed by atoms with E-state index in [9.17, 15) is 9.59 Å². The molecular formula is C22H17NO2. The summed E-state index contributed by atoms with van der Waals surface area (Å²) in [6, 6.07) is 21.4. The molecule has 3 heteroatoms. The highest BCUT2D eigenvalue weighted by molar-refractivity contribution is 6.14. The molecule has 0 saturated carbocycles. The number of hydrogen-bond acceptors (Lipinski definition) is 2. The van der Waals surface area contributed by atoms with Gasteiger partial charge in [-0.3, -0.25) is 9.59 Å². The molecule has 3 nitrogen and oxygen atoms in total. The van der Waals surface area contributed by atoms with Crippen molar-refractivity contribution in [1.82, 2.24) is 0 Å². The zero-order valence-corrected chi connectivity index (χ0v) is 13.7. The number of benzene rings is 3. The molecule has 4 rings (SSSR count). The number of fused-ring (bicyclic) bond motifs is 2. The molecule has 1 heterocycles. The minimum Gasteiger partial charge on any atom is -0.308 e. The number of nitrogens with zero attached hydrogens (tertiary/aromatic N) is 1. The molecular weight excluding hydrogens is 310 g/mol. The SMILES string of the molecule is O=C1CCN(C(=O)/C=C/c2ccccc2)c2cc3ccccc3cc21. The van der Waals surface area contributed by atoms with Crippen molar-refractivity contribution in [1.29, 1.82) is 0 Å². The molecule has 0 unspecified atom stereocenters. The number of Topliss-reactive ketones (excluding diaryl/α,β-unsaturated/α-hetero) is 1. The van der Waals surface area contributed by atoms with Crippen LogP contribution in [0.15, 0.2) is 72.8 Å². The maximum absolute atomic E-state index is 12.7. The molecule has 3 aromatic carbocycles. The van der Waals surface area contributed by atoms with Crippen LogP contribution in [-0.4, -0.2) is 18.2 Å². The summed E-state index contributed by atoms with van der Waals surface area (Å²) in [4.78, 5) is 26.7. The van der Waals surface area contributed by atoms with Crippen LogP contribution in [0.1, 0.15) is 22.3 Å². The second-order valence-corrected chi connectivity index (χ2v) is 6.12. The number of rotatable bonds is 2. The molecule has 3 aromatic rings. The summed E-state index contributed by atoms with van der Waals surface area (Å²) < 4.78 is 0. The van der Waals surface area contributed by atoms with Crippen LogP contribution in [-0.2, 0) is 4.79 Å². The van der Waals surface area contributed by atoms with E-state index < -0.39 is 0 Å². The van der Waals surface area contributed by atoms with E-state index in [0.717, 1.165) is 16.3 Å². The number of hydrogen-bond donors (Lipinski definition) is 0. The fourth-order valence-corrected chi connectivity index (χ4v) is 3.19. The van der Waals surface area contributed by atoms with Crippen LogP contribution in [0.3, 0.4) is 0 Å². The Morgan fingerprint density at radius 1 is 0.920 bits per heavy atom. The molecule has 0 bridgehead atoms. The first kappa shape index (κ1) is 15.3. The molecule has 122 valence electrons. The van der Waals surface area contributed by atoms with Gasteiger partial charge in [0.05, 0.1) is 5.69 Å². The third-order valence-corrected chi connectivity index (χ3v) is 4.50. The van der Waals surface area contributed by atoms with Crippen LogP contribution in [0.25, 0.3) is 16.8 Å². The van der Waals surface area contributed by atoms with Crippen molar-refractivity contribution in [3.63, 3.8) is 0 Å². The molecule has 0 aromatic heterocycles. The second kappa shape index (κ2) is 6.36. The number of carbonyl (C=O) groups excluding carboxylic acids is 2. The number of ketones is 1. The van der Waals surface area contributed by atoms with E-state index in [-0.39, 0.29) is 11.7 Å². The summed E-state index contributed by atoms with van der Waals surface area (Å²) in [5.41, 5.74) is 2.31. The Kier molecular flexibility index (Phi) is 3.90. The molecule has 0 N–H and O–H groups in total. The van der Waals surface area contributed by atoms with Gasteiger partial charge in [0.25, 0.3) is 5.91 Å². The van der Waals surface area contributed by atoms with Gasteiger partial charge in [0.15, 0.2) is 5.78 Å². The summed E-state index contributed by atoms with van der Waals surface area (Å²) in [5, 5.41) is 2.05. The van der Waals surface area contributed by atoms with E-state index in [2.05, 4.69) is 0 Å². The molecule has 0 fully saturated rings. The van der Waals surface area contributed by atoms with Gasteiger partial charge in [0, 0.05) is 24.6 Å². The predicted molar refractivity (Wildman–Crippen MR) is 101 cm³/mol. The van der Waals surface area contributed by atoms with Gasteiger partial charge in [-0.1, -0.05) is 54.6 Å². The summed E-state index contributed by atoms with van der Waals surface area (Å²) in [5.74, 6) is -0.00951. The van der Waals surface area contributed by atoms with Crippen molar-refractivity contribution >= 4 is 34.2 Å². The van der Waals surface area contributed by atoms with E-state index >= 15 is 0 Å². The number of anilines is 1. The summed E-state index contributed by atoms with van der Waals surface area (Å²) >= 11 is 0. The third-order valence-electron chi connectivity index (χ3n) is 4.50. The van der Waals surface area contributed by atoms with Crippen molar-refractivity contribution in [3.05, 3.63) is 83.9 Å². The van der Waals surface area contributed by atoms with Crippen LogP contribution in [0.2, 0.25) is 0 Å². The van der Waals surface area contributed by atoms with Crippen LogP contribution < -0.4 is 4.90 Å². The van der Waals surface area contributed by atoms with E-state index in [1.54, 1.807) is 17.1 Å².